The molecule has 110 valence electrons. The lowest BCUT2D eigenvalue weighted by Crippen LogP contribution is -2.12. The Labute approximate surface area is 118 Å². The van der Waals surface area contributed by atoms with E-state index in [1.807, 2.05) is 17.1 Å². The second-order valence-corrected chi connectivity index (χ2v) is 4.54. The molecule has 0 spiro atoms. The van der Waals surface area contributed by atoms with Gasteiger partial charge in [0, 0.05) is 19.3 Å². The van der Waals surface area contributed by atoms with Gasteiger partial charge in [0.25, 0.3) is 0 Å². The van der Waals surface area contributed by atoms with Crippen LogP contribution in [0.15, 0.2) is 18.6 Å². The standard InChI is InChI=1S/C13H22N6O/c1-3-5-18-11-13(9-15-18)20-7-6-19-10-12(16-17-19)8-14-4-2/h9-11,14H,3-8H2,1-2H3. The maximum Gasteiger partial charge on any atom is 0.157 e. The molecule has 0 bridgehead atoms. The monoisotopic (exact) mass is 278 g/mol. The molecule has 0 saturated heterocycles. The van der Waals surface area contributed by atoms with Crippen molar-refractivity contribution in [1.82, 2.24) is 30.1 Å². The third kappa shape index (κ3) is 4.34. The van der Waals surface area contributed by atoms with Gasteiger partial charge in [-0.15, -0.1) is 5.10 Å². The highest BCUT2D eigenvalue weighted by Crippen LogP contribution is 2.08. The Balaban J connectivity index is 1.73. The molecule has 0 aromatic carbocycles. The summed E-state index contributed by atoms with van der Waals surface area (Å²) in [6, 6.07) is 0. The van der Waals surface area contributed by atoms with Crippen molar-refractivity contribution in [3.05, 3.63) is 24.3 Å². The lowest BCUT2D eigenvalue weighted by atomic mass is 10.4. The minimum absolute atomic E-state index is 0.557. The quantitative estimate of drug-likeness (QED) is 0.743. The zero-order valence-corrected chi connectivity index (χ0v) is 12.1. The second-order valence-electron chi connectivity index (χ2n) is 4.54. The number of rotatable bonds is 9. The summed E-state index contributed by atoms with van der Waals surface area (Å²) in [5.74, 6) is 0.798. The zero-order valence-electron chi connectivity index (χ0n) is 12.1. The van der Waals surface area contributed by atoms with Gasteiger partial charge in [0.1, 0.15) is 6.61 Å². The van der Waals surface area contributed by atoms with E-state index in [4.69, 9.17) is 4.74 Å². The highest BCUT2D eigenvalue weighted by Gasteiger charge is 2.02. The van der Waals surface area contributed by atoms with E-state index in [9.17, 15) is 0 Å². The number of hydrogen-bond acceptors (Lipinski definition) is 5. The molecule has 0 atom stereocenters. The zero-order chi connectivity index (χ0) is 14.2. The van der Waals surface area contributed by atoms with Crippen LogP contribution in [-0.4, -0.2) is 37.9 Å². The fraction of sp³-hybridized carbons (Fsp3) is 0.615. The molecule has 1 N–H and O–H groups in total. The Morgan fingerprint density at radius 3 is 2.90 bits per heavy atom. The third-order valence-corrected chi connectivity index (χ3v) is 2.79. The van der Waals surface area contributed by atoms with Gasteiger partial charge in [-0.3, -0.25) is 4.68 Å². The van der Waals surface area contributed by atoms with Crippen molar-refractivity contribution < 1.29 is 4.74 Å². The van der Waals surface area contributed by atoms with Crippen molar-refractivity contribution in [2.45, 2.75) is 39.9 Å². The average molecular weight is 278 g/mol. The number of nitrogens with one attached hydrogen (secondary N) is 1. The van der Waals surface area contributed by atoms with Gasteiger partial charge in [-0.1, -0.05) is 19.1 Å². The maximum absolute atomic E-state index is 5.64. The van der Waals surface area contributed by atoms with Crippen molar-refractivity contribution in [3.8, 4) is 5.75 Å². The molecule has 2 aromatic heterocycles. The lowest BCUT2D eigenvalue weighted by Gasteiger charge is -2.02. The summed E-state index contributed by atoms with van der Waals surface area (Å²) in [6.07, 6.45) is 6.66. The molecule has 0 aliphatic rings. The minimum Gasteiger partial charge on any atom is -0.488 e. The molecule has 20 heavy (non-hydrogen) atoms. The first-order chi connectivity index (χ1) is 9.81. The molecule has 0 saturated carbocycles. The fourth-order valence-electron chi connectivity index (χ4n) is 1.81. The van der Waals surface area contributed by atoms with E-state index < -0.39 is 0 Å². The summed E-state index contributed by atoms with van der Waals surface area (Å²) in [5.41, 5.74) is 0.947. The Morgan fingerprint density at radius 1 is 1.20 bits per heavy atom. The van der Waals surface area contributed by atoms with Crippen LogP contribution in [0.25, 0.3) is 0 Å². The lowest BCUT2D eigenvalue weighted by molar-refractivity contribution is 0.289. The van der Waals surface area contributed by atoms with Crippen LogP contribution in [0.1, 0.15) is 26.0 Å². The number of hydrogen-bond donors (Lipinski definition) is 1. The first-order valence-corrected chi connectivity index (χ1v) is 7.06. The van der Waals surface area contributed by atoms with Crippen molar-refractivity contribution in [1.29, 1.82) is 0 Å². The van der Waals surface area contributed by atoms with Gasteiger partial charge in [-0.05, 0) is 13.0 Å². The van der Waals surface area contributed by atoms with E-state index in [1.165, 1.54) is 0 Å². The Hall–Kier alpha value is -1.89. The topological polar surface area (TPSA) is 69.8 Å². The van der Waals surface area contributed by atoms with Crippen LogP contribution in [0.2, 0.25) is 0 Å². The van der Waals surface area contributed by atoms with E-state index in [-0.39, 0.29) is 0 Å². The molecular weight excluding hydrogens is 256 g/mol. The first kappa shape index (κ1) is 14.5. The van der Waals surface area contributed by atoms with Crippen LogP contribution >= 0.6 is 0 Å². The summed E-state index contributed by atoms with van der Waals surface area (Å²) >= 11 is 0. The smallest absolute Gasteiger partial charge is 0.157 e. The van der Waals surface area contributed by atoms with Gasteiger partial charge in [0.15, 0.2) is 5.75 Å². The first-order valence-electron chi connectivity index (χ1n) is 7.06. The number of ether oxygens (including phenoxy) is 1. The largest absolute Gasteiger partial charge is 0.488 e. The molecule has 0 fully saturated rings. The van der Waals surface area contributed by atoms with Crippen LogP contribution in [0.3, 0.4) is 0 Å². The van der Waals surface area contributed by atoms with Gasteiger partial charge in [-0.25, -0.2) is 4.68 Å². The van der Waals surface area contributed by atoms with Gasteiger partial charge in [0.05, 0.1) is 24.6 Å². The van der Waals surface area contributed by atoms with Crippen LogP contribution in [-0.2, 0) is 19.6 Å². The summed E-state index contributed by atoms with van der Waals surface area (Å²) in [5, 5.41) is 15.6. The fourth-order valence-corrected chi connectivity index (χ4v) is 1.81. The van der Waals surface area contributed by atoms with Crippen LogP contribution < -0.4 is 10.1 Å². The van der Waals surface area contributed by atoms with E-state index >= 15 is 0 Å². The molecule has 0 amide bonds. The van der Waals surface area contributed by atoms with Crippen LogP contribution in [0.5, 0.6) is 5.75 Å². The third-order valence-electron chi connectivity index (χ3n) is 2.79. The van der Waals surface area contributed by atoms with Gasteiger partial charge in [0.2, 0.25) is 0 Å². The van der Waals surface area contributed by atoms with E-state index in [0.29, 0.717) is 13.2 Å². The predicted molar refractivity (Wildman–Crippen MR) is 75.4 cm³/mol. The van der Waals surface area contributed by atoms with Crippen molar-refractivity contribution in [2.24, 2.45) is 0 Å². The summed E-state index contributed by atoms with van der Waals surface area (Å²) in [6.45, 7) is 8.02. The molecule has 0 aliphatic carbocycles. The molecule has 2 rings (SSSR count). The van der Waals surface area contributed by atoms with E-state index in [0.717, 1.165) is 37.5 Å². The van der Waals surface area contributed by atoms with Gasteiger partial charge >= 0.3 is 0 Å². The second kappa shape index (κ2) is 7.64. The van der Waals surface area contributed by atoms with Crippen LogP contribution in [0, 0.1) is 0 Å². The molecule has 0 aliphatic heterocycles. The Bertz CT molecular complexity index is 506. The summed E-state index contributed by atoms with van der Waals surface area (Å²) in [4.78, 5) is 0. The van der Waals surface area contributed by atoms with Crippen LogP contribution in [0.4, 0.5) is 0 Å². The Kier molecular flexibility index (Phi) is 5.55. The van der Waals surface area contributed by atoms with E-state index in [1.54, 1.807) is 10.9 Å². The van der Waals surface area contributed by atoms with Crippen molar-refractivity contribution in [2.75, 3.05) is 13.2 Å². The highest BCUT2D eigenvalue weighted by atomic mass is 16.5. The number of nitrogens with zero attached hydrogens (tertiary/aromatic N) is 5. The molecule has 2 heterocycles. The minimum atomic E-state index is 0.557. The predicted octanol–water partition coefficient (Wildman–Crippen LogP) is 1.07. The number of aryl methyl sites for hydroxylation is 1. The molecular formula is C13H22N6O. The summed E-state index contributed by atoms with van der Waals surface area (Å²) < 4.78 is 9.32. The van der Waals surface area contributed by atoms with Gasteiger partial charge < -0.3 is 10.1 Å². The van der Waals surface area contributed by atoms with Crippen molar-refractivity contribution >= 4 is 0 Å². The van der Waals surface area contributed by atoms with Crippen molar-refractivity contribution in [3.63, 3.8) is 0 Å². The normalized spacial score (nSPS) is 10.9. The average Bonchev–Trinajstić information content (AvgIpc) is 3.07. The Morgan fingerprint density at radius 2 is 2.10 bits per heavy atom. The summed E-state index contributed by atoms with van der Waals surface area (Å²) in [7, 11) is 0. The van der Waals surface area contributed by atoms with E-state index in [2.05, 4.69) is 34.6 Å². The molecule has 0 radical (unpaired) electrons. The molecule has 2 aromatic rings. The highest BCUT2D eigenvalue weighted by molar-refractivity contribution is 5.11. The SMILES string of the molecule is CCCn1cc(OCCn2cc(CNCC)nn2)cn1. The number of aromatic nitrogens is 5. The van der Waals surface area contributed by atoms with Gasteiger partial charge in [-0.2, -0.15) is 5.10 Å². The maximum atomic E-state index is 5.64. The molecule has 7 heteroatoms. The molecule has 7 nitrogen and oxygen atoms in total. The molecule has 0 unspecified atom stereocenters.